The van der Waals surface area contributed by atoms with Crippen LogP contribution in [0.5, 0.6) is 0 Å². The average Bonchev–Trinajstić information content (AvgIpc) is 2.86. The maximum atomic E-state index is 12.0. The van der Waals surface area contributed by atoms with Crippen LogP contribution in [0, 0.1) is 6.92 Å². The third kappa shape index (κ3) is 1.70. The van der Waals surface area contributed by atoms with E-state index in [-0.39, 0.29) is 5.97 Å². The normalized spacial score (nSPS) is 18.6. The lowest BCUT2D eigenvalue weighted by Crippen LogP contribution is -2.35. The Labute approximate surface area is 94.2 Å². The molecule has 0 amide bonds. The Balaban J connectivity index is 2.32. The van der Waals surface area contributed by atoms with Crippen molar-refractivity contribution in [2.24, 2.45) is 0 Å². The van der Waals surface area contributed by atoms with Crippen molar-refractivity contribution in [2.75, 3.05) is 6.61 Å². The highest BCUT2D eigenvalue weighted by Gasteiger charge is 2.48. The van der Waals surface area contributed by atoms with E-state index in [1.807, 2.05) is 0 Å². The Morgan fingerprint density at radius 1 is 1.50 bits per heavy atom. The first kappa shape index (κ1) is 11.1. The average molecular weight is 224 g/mol. The predicted octanol–water partition coefficient (Wildman–Crippen LogP) is 1.75. The third-order valence-electron chi connectivity index (χ3n) is 3.06. The van der Waals surface area contributed by atoms with Crippen LogP contribution >= 0.6 is 0 Å². The van der Waals surface area contributed by atoms with Crippen LogP contribution in [0.15, 0.2) is 4.52 Å². The summed E-state index contributed by atoms with van der Waals surface area (Å²) in [6, 6.07) is 0. The summed E-state index contributed by atoms with van der Waals surface area (Å²) in [6.45, 7) is 3.94. The second kappa shape index (κ2) is 4.23. The smallest absolute Gasteiger partial charge is 0.321 e. The van der Waals surface area contributed by atoms with Gasteiger partial charge in [0.25, 0.3) is 0 Å². The van der Waals surface area contributed by atoms with E-state index in [4.69, 9.17) is 9.26 Å². The number of hydrogen-bond donors (Lipinski definition) is 0. The number of carbonyl (C=O) groups is 1. The quantitative estimate of drug-likeness (QED) is 0.732. The number of esters is 1. The molecule has 0 spiro atoms. The zero-order chi connectivity index (χ0) is 11.6. The molecule has 1 aliphatic rings. The first-order valence-corrected chi connectivity index (χ1v) is 5.67. The Hall–Kier alpha value is -1.39. The summed E-state index contributed by atoms with van der Waals surface area (Å²) in [7, 11) is 0. The lowest BCUT2D eigenvalue weighted by molar-refractivity contribution is -0.151. The number of aromatic nitrogens is 2. The maximum Gasteiger partial charge on any atom is 0.321 e. The van der Waals surface area contributed by atoms with E-state index in [2.05, 4.69) is 10.1 Å². The summed E-state index contributed by atoms with van der Waals surface area (Å²) in [6.07, 6.45) is 3.49. The van der Waals surface area contributed by atoms with Crippen LogP contribution in [0.4, 0.5) is 0 Å². The molecular weight excluding hydrogens is 208 g/mol. The number of ether oxygens (including phenoxy) is 1. The van der Waals surface area contributed by atoms with Crippen molar-refractivity contribution in [3.05, 3.63) is 11.7 Å². The van der Waals surface area contributed by atoms with Crippen molar-refractivity contribution in [2.45, 2.75) is 44.9 Å². The lowest BCUT2D eigenvalue weighted by atomic mass is 9.86. The van der Waals surface area contributed by atoms with Crippen molar-refractivity contribution in [1.29, 1.82) is 0 Å². The van der Waals surface area contributed by atoms with Crippen molar-refractivity contribution < 1.29 is 14.1 Å². The highest BCUT2D eigenvalue weighted by atomic mass is 16.5. The molecule has 0 atom stereocenters. The number of carbonyl (C=O) groups excluding carboxylic acids is 1. The monoisotopic (exact) mass is 224 g/mol. The van der Waals surface area contributed by atoms with Gasteiger partial charge >= 0.3 is 5.97 Å². The van der Waals surface area contributed by atoms with Gasteiger partial charge in [0.05, 0.1) is 6.61 Å². The van der Waals surface area contributed by atoms with Crippen LogP contribution in [0.2, 0.25) is 0 Å². The molecule has 1 aromatic heterocycles. The van der Waals surface area contributed by atoms with E-state index in [9.17, 15) is 4.79 Å². The van der Waals surface area contributed by atoms with Crippen LogP contribution < -0.4 is 0 Å². The van der Waals surface area contributed by atoms with E-state index in [0.717, 1.165) is 25.7 Å². The standard InChI is InChI=1S/C11H16N2O3/c1-3-15-10(14)11(6-4-5-7-11)9-12-8(2)13-16-9/h3-7H2,1-2H3. The molecule has 1 aliphatic carbocycles. The molecular formula is C11H16N2O3. The fourth-order valence-electron chi connectivity index (χ4n) is 2.24. The van der Waals surface area contributed by atoms with Crippen molar-refractivity contribution >= 4 is 5.97 Å². The van der Waals surface area contributed by atoms with E-state index in [1.54, 1.807) is 13.8 Å². The van der Waals surface area contributed by atoms with Crippen molar-refractivity contribution in [3.63, 3.8) is 0 Å². The number of aryl methyl sites for hydroxylation is 1. The molecule has 88 valence electrons. The molecule has 16 heavy (non-hydrogen) atoms. The first-order valence-electron chi connectivity index (χ1n) is 5.67. The fraction of sp³-hybridized carbons (Fsp3) is 0.727. The van der Waals surface area contributed by atoms with Gasteiger partial charge in [-0.2, -0.15) is 4.98 Å². The van der Waals surface area contributed by atoms with Crippen LogP contribution in [0.3, 0.4) is 0 Å². The van der Waals surface area contributed by atoms with Gasteiger partial charge in [0.1, 0.15) is 5.41 Å². The minimum Gasteiger partial charge on any atom is -0.465 e. The number of nitrogens with zero attached hydrogens (tertiary/aromatic N) is 2. The summed E-state index contributed by atoms with van der Waals surface area (Å²) in [5, 5.41) is 3.75. The zero-order valence-corrected chi connectivity index (χ0v) is 9.65. The van der Waals surface area contributed by atoms with E-state index in [1.165, 1.54) is 0 Å². The van der Waals surface area contributed by atoms with Gasteiger partial charge in [-0.3, -0.25) is 4.79 Å². The summed E-state index contributed by atoms with van der Waals surface area (Å²) in [4.78, 5) is 16.2. The lowest BCUT2D eigenvalue weighted by Gasteiger charge is -2.21. The van der Waals surface area contributed by atoms with Crippen LogP contribution in [0.1, 0.15) is 44.3 Å². The van der Waals surface area contributed by atoms with E-state index >= 15 is 0 Å². The minimum absolute atomic E-state index is 0.226. The van der Waals surface area contributed by atoms with E-state index in [0.29, 0.717) is 18.3 Å². The largest absolute Gasteiger partial charge is 0.465 e. The van der Waals surface area contributed by atoms with Gasteiger partial charge in [-0.05, 0) is 26.7 Å². The second-order valence-corrected chi connectivity index (χ2v) is 4.16. The molecule has 0 bridgehead atoms. The molecule has 0 saturated heterocycles. The van der Waals surface area contributed by atoms with Crippen molar-refractivity contribution in [3.8, 4) is 0 Å². The maximum absolute atomic E-state index is 12.0. The Morgan fingerprint density at radius 3 is 2.69 bits per heavy atom. The van der Waals surface area contributed by atoms with E-state index < -0.39 is 5.41 Å². The second-order valence-electron chi connectivity index (χ2n) is 4.16. The zero-order valence-electron chi connectivity index (χ0n) is 9.65. The van der Waals surface area contributed by atoms with Crippen LogP contribution in [-0.2, 0) is 14.9 Å². The Bertz CT molecular complexity index is 380. The Morgan fingerprint density at radius 2 is 2.19 bits per heavy atom. The molecule has 5 heteroatoms. The predicted molar refractivity (Wildman–Crippen MR) is 55.8 cm³/mol. The van der Waals surface area contributed by atoms with Crippen LogP contribution in [0.25, 0.3) is 0 Å². The molecule has 0 aromatic carbocycles. The first-order chi connectivity index (χ1) is 7.69. The number of hydrogen-bond acceptors (Lipinski definition) is 5. The molecule has 2 rings (SSSR count). The third-order valence-corrected chi connectivity index (χ3v) is 3.06. The summed E-state index contributed by atoms with van der Waals surface area (Å²) >= 11 is 0. The Kier molecular flexibility index (Phi) is 2.94. The highest BCUT2D eigenvalue weighted by molar-refractivity contribution is 5.82. The van der Waals surface area contributed by atoms with Gasteiger partial charge in [-0.15, -0.1) is 0 Å². The van der Waals surface area contributed by atoms with Crippen molar-refractivity contribution in [1.82, 2.24) is 10.1 Å². The summed E-state index contributed by atoms with van der Waals surface area (Å²) in [5.74, 6) is 0.752. The van der Waals surface area contributed by atoms with Gasteiger partial charge < -0.3 is 9.26 Å². The molecule has 1 heterocycles. The van der Waals surface area contributed by atoms with Gasteiger partial charge in [-0.25, -0.2) is 0 Å². The van der Waals surface area contributed by atoms with Gasteiger partial charge in [-0.1, -0.05) is 18.0 Å². The van der Waals surface area contributed by atoms with Crippen LogP contribution in [-0.4, -0.2) is 22.7 Å². The molecule has 0 aliphatic heterocycles. The van der Waals surface area contributed by atoms with Gasteiger partial charge in [0.15, 0.2) is 5.82 Å². The van der Waals surface area contributed by atoms with Gasteiger partial charge in [0, 0.05) is 0 Å². The SMILES string of the molecule is CCOC(=O)C1(c2nc(C)no2)CCCC1. The molecule has 1 saturated carbocycles. The topological polar surface area (TPSA) is 65.2 Å². The van der Waals surface area contributed by atoms with Gasteiger partial charge in [0.2, 0.25) is 5.89 Å². The summed E-state index contributed by atoms with van der Waals surface area (Å²) in [5.41, 5.74) is -0.683. The molecule has 0 radical (unpaired) electrons. The number of rotatable bonds is 3. The molecule has 1 fully saturated rings. The summed E-state index contributed by atoms with van der Waals surface area (Å²) < 4.78 is 10.3. The molecule has 5 nitrogen and oxygen atoms in total. The minimum atomic E-state index is -0.683. The highest BCUT2D eigenvalue weighted by Crippen LogP contribution is 2.41. The molecule has 1 aromatic rings. The fourth-order valence-corrected chi connectivity index (χ4v) is 2.24. The molecule has 0 N–H and O–H groups in total. The molecule has 0 unspecified atom stereocenters.